The molecule has 0 aliphatic heterocycles. The number of amides is 1. The van der Waals surface area contributed by atoms with Crippen molar-refractivity contribution in [3.8, 4) is 11.5 Å². The Labute approximate surface area is 151 Å². The molecule has 1 atom stereocenters. The molecule has 0 saturated heterocycles. The molecule has 3 rings (SSSR count). The summed E-state index contributed by atoms with van der Waals surface area (Å²) >= 11 is 0. The van der Waals surface area contributed by atoms with Gasteiger partial charge in [-0.05, 0) is 67.6 Å². The first-order chi connectivity index (χ1) is 12.5. The number of benzene rings is 2. The molecule has 1 N–H and O–H groups in total. The Balaban J connectivity index is 1.57. The number of carbonyl (C=O) groups excluding carboxylic acids is 1. The van der Waals surface area contributed by atoms with Gasteiger partial charge in [0.05, 0.1) is 12.6 Å². The molecule has 1 saturated carbocycles. The van der Waals surface area contributed by atoms with Crippen molar-refractivity contribution < 1.29 is 23.0 Å². The summed E-state index contributed by atoms with van der Waals surface area (Å²) in [5.74, 6) is 1.24. The van der Waals surface area contributed by atoms with Gasteiger partial charge in [-0.2, -0.15) is 8.78 Å². The number of alkyl halides is 2. The molecule has 0 heterocycles. The number of carbonyl (C=O) groups is 1. The third kappa shape index (κ3) is 5.18. The van der Waals surface area contributed by atoms with Crippen molar-refractivity contribution in [2.75, 3.05) is 6.61 Å². The van der Waals surface area contributed by atoms with E-state index in [1.807, 2.05) is 0 Å². The normalized spacial score (nSPS) is 14.8. The zero-order chi connectivity index (χ0) is 18.5. The van der Waals surface area contributed by atoms with Crippen LogP contribution < -0.4 is 14.8 Å². The molecular formula is C20H21F2NO3. The van der Waals surface area contributed by atoms with Gasteiger partial charge in [0, 0.05) is 5.56 Å². The summed E-state index contributed by atoms with van der Waals surface area (Å²) in [6.45, 7) is -0.373. The predicted octanol–water partition coefficient (Wildman–Crippen LogP) is 4.57. The first-order valence-corrected chi connectivity index (χ1v) is 8.60. The highest BCUT2D eigenvalue weighted by atomic mass is 19.3. The largest absolute Gasteiger partial charge is 0.493 e. The van der Waals surface area contributed by atoms with Gasteiger partial charge >= 0.3 is 6.61 Å². The van der Waals surface area contributed by atoms with E-state index < -0.39 is 6.61 Å². The second kappa shape index (κ2) is 8.17. The van der Waals surface area contributed by atoms with Crippen LogP contribution in [0.15, 0.2) is 48.5 Å². The number of halogens is 2. The quantitative estimate of drug-likeness (QED) is 0.749. The van der Waals surface area contributed by atoms with Crippen LogP contribution in [-0.4, -0.2) is 19.1 Å². The van der Waals surface area contributed by atoms with Gasteiger partial charge in [-0.3, -0.25) is 4.79 Å². The molecule has 4 nitrogen and oxygen atoms in total. The second-order valence-electron chi connectivity index (χ2n) is 6.42. The van der Waals surface area contributed by atoms with E-state index in [-0.39, 0.29) is 17.7 Å². The fraction of sp³-hybridized carbons (Fsp3) is 0.350. The Bertz CT molecular complexity index is 745. The number of hydrogen-bond donors (Lipinski definition) is 1. The highest BCUT2D eigenvalue weighted by Gasteiger charge is 2.22. The molecule has 1 fully saturated rings. The van der Waals surface area contributed by atoms with Gasteiger partial charge in [0.2, 0.25) is 0 Å². The molecule has 0 bridgehead atoms. The van der Waals surface area contributed by atoms with Crippen LogP contribution in [-0.2, 0) is 0 Å². The zero-order valence-corrected chi connectivity index (χ0v) is 14.5. The van der Waals surface area contributed by atoms with Crippen molar-refractivity contribution in [3.05, 3.63) is 59.7 Å². The minimum atomic E-state index is -2.88. The molecule has 1 amide bonds. The van der Waals surface area contributed by atoms with Crippen molar-refractivity contribution in [1.82, 2.24) is 5.32 Å². The lowest BCUT2D eigenvalue weighted by Gasteiger charge is -2.16. The van der Waals surface area contributed by atoms with Crippen molar-refractivity contribution in [1.29, 1.82) is 0 Å². The molecule has 2 aromatic rings. The fourth-order valence-corrected chi connectivity index (χ4v) is 2.52. The molecule has 138 valence electrons. The maximum atomic E-state index is 12.4. The molecule has 0 spiro atoms. The number of hydrogen-bond acceptors (Lipinski definition) is 3. The van der Waals surface area contributed by atoms with Crippen LogP contribution in [0.3, 0.4) is 0 Å². The van der Waals surface area contributed by atoms with Gasteiger partial charge in [-0.1, -0.05) is 12.1 Å². The molecule has 2 aromatic carbocycles. The number of rotatable bonds is 8. The molecule has 0 aromatic heterocycles. The van der Waals surface area contributed by atoms with Crippen molar-refractivity contribution in [3.63, 3.8) is 0 Å². The van der Waals surface area contributed by atoms with E-state index >= 15 is 0 Å². The molecule has 6 heteroatoms. The zero-order valence-electron chi connectivity index (χ0n) is 14.5. The van der Waals surface area contributed by atoms with E-state index in [1.54, 1.807) is 43.3 Å². The van der Waals surface area contributed by atoms with Crippen LogP contribution in [0, 0.1) is 5.92 Å². The first kappa shape index (κ1) is 18.2. The van der Waals surface area contributed by atoms with Gasteiger partial charge in [-0.15, -0.1) is 0 Å². The molecule has 0 radical (unpaired) electrons. The summed E-state index contributed by atoms with van der Waals surface area (Å²) in [5.41, 5.74) is 1.19. The third-order valence-corrected chi connectivity index (χ3v) is 4.23. The monoisotopic (exact) mass is 361 g/mol. The van der Waals surface area contributed by atoms with Crippen LogP contribution in [0.2, 0.25) is 0 Å². The Morgan fingerprint density at radius 2 is 1.88 bits per heavy atom. The van der Waals surface area contributed by atoms with E-state index in [0.29, 0.717) is 17.0 Å². The second-order valence-corrected chi connectivity index (χ2v) is 6.42. The van der Waals surface area contributed by atoms with Crippen LogP contribution in [0.5, 0.6) is 11.5 Å². The maximum absolute atomic E-state index is 12.4. The summed E-state index contributed by atoms with van der Waals surface area (Å²) in [6.07, 6.45) is 2.45. The lowest BCUT2D eigenvalue weighted by Crippen LogP contribution is -2.26. The predicted molar refractivity (Wildman–Crippen MR) is 93.6 cm³/mol. The van der Waals surface area contributed by atoms with E-state index in [1.165, 1.54) is 25.0 Å². The fourth-order valence-electron chi connectivity index (χ4n) is 2.52. The van der Waals surface area contributed by atoms with Crippen molar-refractivity contribution >= 4 is 5.91 Å². The van der Waals surface area contributed by atoms with Crippen molar-refractivity contribution in [2.45, 2.75) is 32.4 Å². The molecule has 1 aliphatic rings. The Morgan fingerprint density at radius 1 is 1.15 bits per heavy atom. The van der Waals surface area contributed by atoms with Crippen LogP contribution in [0.4, 0.5) is 8.78 Å². The standard InChI is InChI=1S/C20H21F2NO3/c1-13(16-3-2-4-18(11-16)26-20(21)22)23-19(24)15-7-9-17(10-8-15)25-12-14-5-6-14/h2-4,7-11,13-14,20H,5-6,12H2,1H3,(H,23,24). The van der Waals surface area contributed by atoms with E-state index in [2.05, 4.69) is 10.1 Å². The highest BCUT2D eigenvalue weighted by Crippen LogP contribution is 2.29. The number of nitrogens with one attached hydrogen (secondary N) is 1. The summed E-state index contributed by atoms with van der Waals surface area (Å²) in [5, 5.41) is 2.85. The topological polar surface area (TPSA) is 47.6 Å². The summed E-state index contributed by atoms with van der Waals surface area (Å²) in [7, 11) is 0. The Hall–Kier alpha value is -2.63. The van der Waals surface area contributed by atoms with E-state index in [9.17, 15) is 13.6 Å². The molecule has 26 heavy (non-hydrogen) atoms. The lowest BCUT2D eigenvalue weighted by atomic mass is 10.1. The molecule has 1 unspecified atom stereocenters. The number of ether oxygens (including phenoxy) is 2. The molecule has 1 aliphatic carbocycles. The minimum absolute atomic E-state index is 0.0655. The van der Waals surface area contributed by atoms with E-state index in [4.69, 9.17) is 4.74 Å². The molecular weight excluding hydrogens is 340 g/mol. The van der Waals surface area contributed by atoms with Gasteiger partial charge in [-0.25, -0.2) is 0 Å². The average molecular weight is 361 g/mol. The van der Waals surface area contributed by atoms with Crippen LogP contribution in [0.25, 0.3) is 0 Å². The average Bonchev–Trinajstić information content (AvgIpc) is 3.44. The van der Waals surface area contributed by atoms with E-state index in [0.717, 1.165) is 12.4 Å². The highest BCUT2D eigenvalue weighted by molar-refractivity contribution is 5.94. The first-order valence-electron chi connectivity index (χ1n) is 8.60. The minimum Gasteiger partial charge on any atom is -0.493 e. The Morgan fingerprint density at radius 3 is 2.54 bits per heavy atom. The summed E-state index contributed by atoms with van der Waals surface area (Å²) in [6, 6.07) is 12.9. The lowest BCUT2D eigenvalue weighted by molar-refractivity contribution is -0.0499. The van der Waals surface area contributed by atoms with Crippen LogP contribution >= 0.6 is 0 Å². The van der Waals surface area contributed by atoms with Gasteiger partial charge < -0.3 is 14.8 Å². The van der Waals surface area contributed by atoms with Crippen molar-refractivity contribution in [2.24, 2.45) is 5.92 Å². The van der Waals surface area contributed by atoms with Gasteiger partial charge in [0.25, 0.3) is 5.91 Å². The summed E-state index contributed by atoms with van der Waals surface area (Å²) < 4.78 is 34.7. The van der Waals surface area contributed by atoms with Gasteiger partial charge in [0.1, 0.15) is 11.5 Å². The van der Waals surface area contributed by atoms with Gasteiger partial charge in [0.15, 0.2) is 0 Å². The SMILES string of the molecule is CC(NC(=O)c1ccc(OCC2CC2)cc1)c1cccc(OC(F)F)c1. The smallest absolute Gasteiger partial charge is 0.387 e. The van der Waals surface area contributed by atoms with Crippen LogP contribution in [0.1, 0.15) is 41.7 Å². The summed E-state index contributed by atoms with van der Waals surface area (Å²) in [4.78, 5) is 12.4. The third-order valence-electron chi connectivity index (χ3n) is 4.23. The maximum Gasteiger partial charge on any atom is 0.387 e. The Kier molecular flexibility index (Phi) is 5.71.